The van der Waals surface area contributed by atoms with Crippen molar-refractivity contribution in [1.82, 2.24) is 19.2 Å². The summed E-state index contributed by atoms with van der Waals surface area (Å²) in [5.74, 6) is -0.825. The minimum atomic E-state index is -1.07. The minimum absolute atomic E-state index is 0.0605. The van der Waals surface area contributed by atoms with Gasteiger partial charge in [-0.25, -0.2) is 18.3 Å². The van der Waals surface area contributed by atoms with Crippen LogP contribution in [0.25, 0.3) is 0 Å². The molecule has 1 aliphatic rings. The number of nitrogens with zero attached hydrogens (tertiary/aromatic N) is 4. The Labute approximate surface area is 125 Å². The van der Waals surface area contributed by atoms with Gasteiger partial charge in [0.05, 0.1) is 12.6 Å². The van der Waals surface area contributed by atoms with E-state index >= 15 is 0 Å². The third-order valence-electron chi connectivity index (χ3n) is 3.84. The topological polar surface area (TPSA) is 63.3 Å². The van der Waals surface area contributed by atoms with Crippen molar-refractivity contribution in [3.05, 3.63) is 51.7 Å². The molecule has 1 aliphatic heterocycles. The summed E-state index contributed by atoms with van der Waals surface area (Å²) in [6.45, 7) is 1.61. The molecule has 0 aliphatic carbocycles. The standard InChI is InChI=1S/C14H16F2N4O2/c1-18-14(22)20-5-4-19(8-13(20)17-18)7-12(21)10-3-2-9(15)6-11(10)16/h2-3,6,12,21H,4-5,7-8H2,1H3. The van der Waals surface area contributed by atoms with E-state index in [0.29, 0.717) is 25.5 Å². The second-order valence-corrected chi connectivity index (χ2v) is 5.39. The van der Waals surface area contributed by atoms with Crippen LogP contribution in [0.5, 0.6) is 0 Å². The van der Waals surface area contributed by atoms with Gasteiger partial charge in [0, 0.05) is 38.3 Å². The number of hydrogen-bond acceptors (Lipinski definition) is 4. The number of halogens is 2. The van der Waals surface area contributed by atoms with Crippen LogP contribution < -0.4 is 5.69 Å². The fourth-order valence-corrected chi connectivity index (χ4v) is 2.69. The van der Waals surface area contributed by atoms with Gasteiger partial charge >= 0.3 is 5.69 Å². The maximum atomic E-state index is 13.7. The first-order valence-corrected chi connectivity index (χ1v) is 6.94. The van der Waals surface area contributed by atoms with Crippen molar-refractivity contribution < 1.29 is 13.9 Å². The van der Waals surface area contributed by atoms with Crippen molar-refractivity contribution in [2.75, 3.05) is 13.1 Å². The number of rotatable bonds is 3. The molecule has 0 saturated carbocycles. The highest BCUT2D eigenvalue weighted by atomic mass is 19.1. The van der Waals surface area contributed by atoms with Crippen LogP contribution in [-0.4, -0.2) is 37.4 Å². The quantitative estimate of drug-likeness (QED) is 0.892. The summed E-state index contributed by atoms with van der Waals surface area (Å²) in [6, 6.07) is 3.12. The SMILES string of the molecule is Cn1nc2n(c1=O)CCN(CC(O)c1ccc(F)cc1F)C2. The van der Waals surface area contributed by atoms with Gasteiger partial charge in [0.1, 0.15) is 17.5 Å². The number of hydrogen-bond donors (Lipinski definition) is 1. The van der Waals surface area contributed by atoms with E-state index < -0.39 is 17.7 Å². The molecule has 1 N–H and O–H groups in total. The second-order valence-electron chi connectivity index (χ2n) is 5.39. The smallest absolute Gasteiger partial charge is 0.345 e. The van der Waals surface area contributed by atoms with Crippen molar-refractivity contribution in [3.63, 3.8) is 0 Å². The molecule has 0 spiro atoms. The molecule has 2 aromatic rings. The molecule has 0 saturated heterocycles. The zero-order valence-electron chi connectivity index (χ0n) is 12.0. The van der Waals surface area contributed by atoms with Crippen molar-refractivity contribution in [1.29, 1.82) is 0 Å². The van der Waals surface area contributed by atoms with Gasteiger partial charge in [-0.05, 0) is 6.07 Å². The van der Waals surface area contributed by atoms with Crippen LogP contribution in [0.15, 0.2) is 23.0 Å². The van der Waals surface area contributed by atoms with E-state index in [1.54, 1.807) is 11.6 Å². The Morgan fingerprint density at radius 2 is 2.14 bits per heavy atom. The van der Waals surface area contributed by atoms with Crippen LogP contribution in [0.1, 0.15) is 17.5 Å². The first-order chi connectivity index (χ1) is 10.5. The summed E-state index contributed by atoms with van der Waals surface area (Å²) < 4.78 is 29.4. The van der Waals surface area contributed by atoms with Crippen LogP contribution in [0.3, 0.4) is 0 Å². The lowest BCUT2D eigenvalue weighted by atomic mass is 10.1. The third-order valence-corrected chi connectivity index (χ3v) is 3.84. The number of aliphatic hydroxyl groups excluding tert-OH is 1. The summed E-state index contributed by atoms with van der Waals surface area (Å²) >= 11 is 0. The van der Waals surface area contributed by atoms with Gasteiger partial charge in [-0.3, -0.25) is 9.47 Å². The summed E-state index contributed by atoms with van der Waals surface area (Å²) in [5.41, 5.74) is -0.106. The molecular weight excluding hydrogens is 294 g/mol. The molecule has 2 heterocycles. The van der Waals surface area contributed by atoms with Gasteiger partial charge in [0.2, 0.25) is 0 Å². The maximum Gasteiger partial charge on any atom is 0.345 e. The lowest BCUT2D eigenvalue weighted by Crippen LogP contribution is -2.39. The molecule has 0 bridgehead atoms. The molecule has 0 fully saturated rings. The van der Waals surface area contributed by atoms with Crippen LogP contribution in [0, 0.1) is 11.6 Å². The first kappa shape index (κ1) is 14.9. The van der Waals surface area contributed by atoms with Gasteiger partial charge in [0.15, 0.2) is 0 Å². The summed E-state index contributed by atoms with van der Waals surface area (Å²) in [5, 5.41) is 14.3. The molecule has 3 rings (SSSR count). The van der Waals surface area contributed by atoms with Gasteiger partial charge in [-0.15, -0.1) is 0 Å². The highest BCUT2D eigenvalue weighted by Gasteiger charge is 2.24. The Hall–Kier alpha value is -2.06. The maximum absolute atomic E-state index is 13.7. The average molecular weight is 310 g/mol. The second kappa shape index (κ2) is 5.62. The Balaban J connectivity index is 1.73. The Kier molecular flexibility index (Phi) is 3.79. The van der Waals surface area contributed by atoms with E-state index in [9.17, 15) is 18.7 Å². The summed E-state index contributed by atoms with van der Waals surface area (Å²) in [6.07, 6.45) is -1.07. The Bertz CT molecular complexity index is 756. The molecular formula is C14H16F2N4O2. The summed E-state index contributed by atoms with van der Waals surface area (Å²) in [4.78, 5) is 13.6. The summed E-state index contributed by atoms with van der Waals surface area (Å²) in [7, 11) is 1.58. The lowest BCUT2D eigenvalue weighted by Gasteiger charge is -2.28. The van der Waals surface area contributed by atoms with Crippen molar-refractivity contribution in [3.8, 4) is 0 Å². The van der Waals surface area contributed by atoms with Crippen LogP contribution in [0.4, 0.5) is 8.78 Å². The van der Waals surface area contributed by atoms with Crippen LogP contribution in [-0.2, 0) is 20.1 Å². The van der Waals surface area contributed by atoms with Gasteiger partial charge in [-0.1, -0.05) is 6.07 Å². The predicted molar refractivity (Wildman–Crippen MR) is 74.1 cm³/mol. The molecule has 0 amide bonds. The van der Waals surface area contributed by atoms with Crippen molar-refractivity contribution in [2.45, 2.75) is 19.2 Å². The van der Waals surface area contributed by atoms with E-state index in [1.165, 1.54) is 10.7 Å². The average Bonchev–Trinajstić information content (AvgIpc) is 2.73. The first-order valence-electron chi connectivity index (χ1n) is 6.94. The van der Waals surface area contributed by atoms with E-state index in [4.69, 9.17) is 0 Å². The number of aliphatic hydroxyl groups is 1. The van der Waals surface area contributed by atoms with E-state index in [2.05, 4.69) is 5.10 Å². The Morgan fingerprint density at radius 3 is 2.86 bits per heavy atom. The van der Waals surface area contributed by atoms with E-state index in [1.807, 2.05) is 4.90 Å². The number of aryl methyl sites for hydroxylation is 1. The number of aromatic nitrogens is 3. The molecule has 1 unspecified atom stereocenters. The lowest BCUT2D eigenvalue weighted by molar-refractivity contribution is 0.0933. The third kappa shape index (κ3) is 2.67. The zero-order chi connectivity index (χ0) is 15.9. The highest BCUT2D eigenvalue weighted by Crippen LogP contribution is 2.20. The number of β-amino-alcohol motifs (C(OH)–C–C–N with tert-alkyl or cyclic N) is 1. The predicted octanol–water partition coefficient (Wildman–Crippen LogP) is 0.409. The fraction of sp³-hybridized carbons (Fsp3) is 0.429. The van der Waals surface area contributed by atoms with Crippen LogP contribution in [0.2, 0.25) is 0 Å². The van der Waals surface area contributed by atoms with Crippen molar-refractivity contribution in [2.24, 2.45) is 7.05 Å². The molecule has 8 heteroatoms. The normalized spacial score (nSPS) is 16.5. The van der Waals surface area contributed by atoms with Crippen molar-refractivity contribution >= 4 is 0 Å². The molecule has 0 radical (unpaired) electrons. The van der Waals surface area contributed by atoms with Gasteiger partial charge in [0.25, 0.3) is 0 Å². The largest absolute Gasteiger partial charge is 0.387 e. The van der Waals surface area contributed by atoms with Gasteiger partial charge in [-0.2, -0.15) is 5.10 Å². The van der Waals surface area contributed by atoms with E-state index in [-0.39, 0.29) is 17.8 Å². The Morgan fingerprint density at radius 1 is 1.36 bits per heavy atom. The number of benzene rings is 1. The molecule has 1 aromatic heterocycles. The molecule has 118 valence electrons. The minimum Gasteiger partial charge on any atom is -0.387 e. The molecule has 1 aromatic carbocycles. The molecule has 22 heavy (non-hydrogen) atoms. The monoisotopic (exact) mass is 310 g/mol. The van der Waals surface area contributed by atoms with Gasteiger partial charge < -0.3 is 5.11 Å². The fourth-order valence-electron chi connectivity index (χ4n) is 2.69. The molecule has 1 atom stereocenters. The zero-order valence-corrected chi connectivity index (χ0v) is 12.0. The molecule has 6 nitrogen and oxygen atoms in total. The van der Waals surface area contributed by atoms with Crippen LogP contribution >= 0.6 is 0 Å². The number of fused-ring (bicyclic) bond motifs is 1. The highest BCUT2D eigenvalue weighted by molar-refractivity contribution is 5.21. The van der Waals surface area contributed by atoms with E-state index in [0.717, 1.165) is 12.1 Å².